The summed E-state index contributed by atoms with van der Waals surface area (Å²) in [5.41, 5.74) is 0. The zero-order valence-electron chi connectivity index (χ0n) is 8.49. The smallest absolute Gasteiger partial charge is 0.308 e. The lowest BCUT2D eigenvalue weighted by Gasteiger charge is -2.29. The number of ether oxygens (including phenoxy) is 1. The first-order valence-corrected chi connectivity index (χ1v) is 5.12. The van der Waals surface area contributed by atoms with Crippen molar-refractivity contribution >= 4 is 18.4 Å². The van der Waals surface area contributed by atoms with Crippen LogP contribution < -0.4 is 5.32 Å². The molecule has 0 aromatic rings. The molecule has 3 nitrogen and oxygen atoms in total. The summed E-state index contributed by atoms with van der Waals surface area (Å²) in [6, 6.07) is 0.681. The summed E-state index contributed by atoms with van der Waals surface area (Å²) in [7, 11) is 1.49. The van der Waals surface area contributed by atoms with Crippen LogP contribution >= 0.6 is 12.4 Å². The first-order chi connectivity index (χ1) is 6.31. The van der Waals surface area contributed by atoms with E-state index in [2.05, 4.69) is 5.32 Å². The highest BCUT2D eigenvalue weighted by molar-refractivity contribution is 5.85. The van der Waals surface area contributed by atoms with E-state index in [9.17, 15) is 4.79 Å². The van der Waals surface area contributed by atoms with Crippen molar-refractivity contribution in [3.8, 4) is 0 Å². The van der Waals surface area contributed by atoms with Crippen LogP contribution in [0.5, 0.6) is 0 Å². The Hall–Kier alpha value is -0.280. The summed E-state index contributed by atoms with van der Waals surface area (Å²) in [6.07, 6.45) is 4.41. The lowest BCUT2D eigenvalue weighted by atomic mass is 9.79. The molecule has 1 N–H and O–H groups in total. The van der Waals surface area contributed by atoms with Crippen molar-refractivity contribution in [2.75, 3.05) is 13.7 Å². The SMILES string of the molecule is COC(=O)[C@@H]1CC[C@@H]2NCC[C@@H]2C1.Cl. The molecule has 1 saturated carbocycles. The number of hydrogen-bond donors (Lipinski definition) is 1. The second kappa shape index (κ2) is 4.99. The van der Waals surface area contributed by atoms with Crippen LogP contribution in [-0.4, -0.2) is 25.7 Å². The molecule has 1 aliphatic heterocycles. The summed E-state index contributed by atoms with van der Waals surface area (Å²) in [4.78, 5) is 11.3. The Morgan fingerprint density at radius 1 is 1.36 bits per heavy atom. The molecule has 0 spiro atoms. The van der Waals surface area contributed by atoms with E-state index in [1.54, 1.807) is 0 Å². The molecule has 4 heteroatoms. The molecule has 2 fully saturated rings. The van der Waals surface area contributed by atoms with Crippen LogP contribution in [0.4, 0.5) is 0 Å². The van der Waals surface area contributed by atoms with Crippen molar-refractivity contribution in [3.05, 3.63) is 0 Å². The van der Waals surface area contributed by atoms with Gasteiger partial charge in [-0.1, -0.05) is 0 Å². The Labute approximate surface area is 91.0 Å². The number of nitrogens with one attached hydrogen (secondary N) is 1. The molecule has 1 heterocycles. The second-order valence-electron chi connectivity index (χ2n) is 4.14. The van der Waals surface area contributed by atoms with Gasteiger partial charge in [0.15, 0.2) is 0 Å². The average molecular weight is 220 g/mol. The Balaban J connectivity index is 0.000000980. The van der Waals surface area contributed by atoms with Crippen molar-refractivity contribution in [3.63, 3.8) is 0 Å². The Kier molecular flexibility index (Phi) is 4.20. The third-order valence-corrected chi connectivity index (χ3v) is 3.44. The maximum atomic E-state index is 11.3. The monoisotopic (exact) mass is 219 g/mol. The summed E-state index contributed by atoms with van der Waals surface area (Å²) in [6.45, 7) is 1.13. The van der Waals surface area contributed by atoms with Crippen LogP contribution in [-0.2, 0) is 9.53 Å². The van der Waals surface area contributed by atoms with Crippen LogP contribution in [0.15, 0.2) is 0 Å². The highest BCUT2D eigenvalue weighted by Gasteiger charge is 2.36. The van der Waals surface area contributed by atoms with E-state index in [0.29, 0.717) is 6.04 Å². The third kappa shape index (κ3) is 2.20. The largest absolute Gasteiger partial charge is 0.469 e. The molecule has 0 aromatic heterocycles. The van der Waals surface area contributed by atoms with Crippen LogP contribution in [0, 0.1) is 11.8 Å². The highest BCUT2D eigenvalue weighted by Crippen LogP contribution is 2.34. The summed E-state index contributed by atoms with van der Waals surface area (Å²) in [5.74, 6) is 0.884. The molecule has 1 aliphatic carbocycles. The van der Waals surface area contributed by atoms with E-state index < -0.39 is 0 Å². The van der Waals surface area contributed by atoms with Gasteiger partial charge in [0.05, 0.1) is 13.0 Å². The molecule has 0 aromatic carbocycles. The standard InChI is InChI=1S/C10H17NO2.ClH/c1-13-10(12)8-2-3-9-7(6-8)4-5-11-9;/h7-9,11H,2-6H2,1H3;1H/t7-,8-,9+;/m1./s1. The molecule has 82 valence electrons. The molecule has 0 radical (unpaired) electrons. The van der Waals surface area contributed by atoms with E-state index in [1.165, 1.54) is 13.5 Å². The fourth-order valence-electron chi connectivity index (χ4n) is 2.69. The zero-order valence-corrected chi connectivity index (χ0v) is 9.31. The van der Waals surface area contributed by atoms with Gasteiger partial charge in [-0.3, -0.25) is 4.79 Å². The Bertz CT molecular complexity index is 210. The predicted molar refractivity (Wildman–Crippen MR) is 56.5 cm³/mol. The molecular formula is C10H18ClNO2. The number of hydrogen-bond acceptors (Lipinski definition) is 3. The summed E-state index contributed by atoms with van der Waals surface area (Å²) >= 11 is 0. The van der Waals surface area contributed by atoms with E-state index in [4.69, 9.17) is 4.74 Å². The Morgan fingerprint density at radius 3 is 2.86 bits per heavy atom. The first-order valence-electron chi connectivity index (χ1n) is 5.12. The normalized spacial score (nSPS) is 35.6. The van der Waals surface area contributed by atoms with Gasteiger partial charge in [0, 0.05) is 6.04 Å². The van der Waals surface area contributed by atoms with Crippen LogP contribution in [0.1, 0.15) is 25.7 Å². The van der Waals surface area contributed by atoms with Crippen LogP contribution in [0.25, 0.3) is 0 Å². The van der Waals surface area contributed by atoms with E-state index in [1.807, 2.05) is 0 Å². The fourth-order valence-corrected chi connectivity index (χ4v) is 2.69. The quantitative estimate of drug-likeness (QED) is 0.677. The molecule has 0 unspecified atom stereocenters. The first kappa shape index (κ1) is 11.8. The fraction of sp³-hybridized carbons (Fsp3) is 0.900. The van der Waals surface area contributed by atoms with Crippen molar-refractivity contribution < 1.29 is 9.53 Å². The Morgan fingerprint density at radius 2 is 2.14 bits per heavy atom. The number of methoxy groups -OCH3 is 1. The molecule has 2 rings (SSSR count). The van der Waals surface area contributed by atoms with Crippen molar-refractivity contribution in [1.29, 1.82) is 0 Å². The van der Waals surface area contributed by atoms with Gasteiger partial charge in [-0.05, 0) is 38.1 Å². The number of esters is 1. The van der Waals surface area contributed by atoms with Gasteiger partial charge in [-0.15, -0.1) is 12.4 Å². The molecule has 0 amide bonds. The molecule has 0 bridgehead atoms. The number of carbonyl (C=O) groups is 1. The number of halogens is 1. The van der Waals surface area contributed by atoms with Gasteiger partial charge in [0.2, 0.25) is 0 Å². The lowest BCUT2D eigenvalue weighted by Crippen LogP contribution is -2.35. The van der Waals surface area contributed by atoms with Crippen molar-refractivity contribution in [2.24, 2.45) is 11.8 Å². The van der Waals surface area contributed by atoms with Gasteiger partial charge < -0.3 is 10.1 Å². The molecule has 1 saturated heterocycles. The summed E-state index contributed by atoms with van der Waals surface area (Å²) < 4.78 is 4.78. The maximum Gasteiger partial charge on any atom is 0.308 e. The van der Waals surface area contributed by atoms with Gasteiger partial charge in [0.1, 0.15) is 0 Å². The molecule has 14 heavy (non-hydrogen) atoms. The minimum absolute atomic E-state index is 0. The van der Waals surface area contributed by atoms with E-state index >= 15 is 0 Å². The topological polar surface area (TPSA) is 38.3 Å². The van der Waals surface area contributed by atoms with E-state index in [0.717, 1.165) is 31.7 Å². The van der Waals surface area contributed by atoms with Crippen LogP contribution in [0.2, 0.25) is 0 Å². The van der Waals surface area contributed by atoms with Gasteiger partial charge >= 0.3 is 5.97 Å². The molecular weight excluding hydrogens is 202 g/mol. The minimum Gasteiger partial charge on any atom is -0.469 e. The number of rotatable bonds is 1. The summed E-state index contributed by atoms with van der Waals surface area (Å²) in [5, 5.41) is 3.48. The number of fused-ring (bicyclic) bond motifs is 1. The zero-order chi connectivity index (χ0) is 9.26. The maximum absolute atomic E-state index is 11.3. The third-order valence-electron chi connectivity index (χ3n) is 3.44. The highest BCUT2D eigenvalue weighted by atomic mass is 35.5. The molecule has 2 aliphatic rings. The van der Waals surface area contributed by atoms with E-state index in [-0.39, 0.29) is 24.3 Å². The van der Waals surface area contributed by atoms with Crippen molar-refractivity contribution in [2.45, 2.75) is 31.7 Å². The average Bonchev–Trinajstić information content (AvgIpc) is 2.63. The van der Waals surface area contributed by atoms with Gasteiger partial charge in [-0.2, -0.15) is 0 Å². The number of carbonyl (C=O) groups excluding carboxylic acids is 1. The van der Waals surface area contributed by atoms with Crippen molar-refractivity contribution in [1.82, 2.24) is 5.32 Å². The van der Waals surface area contributed by atoms with Gasteiger partial charge in [0.25, 0.3) is 0 Å². The predicted octanol–water partition coefficient (Wildman–Crippen LogP) is 1.36. The molecule has 3 atom stereocenters. The lowest BCUT2D eigenvalue weighted by molar-refractivity contribution is -0.147. The minimum atomic E-state index is -0.00894. The van der Waals surface area contributed by atoms with Crippen LogP contribution in [0.3, 0.4) is 0 Å². The second-order valence-corrected chi connectivity index (χ2v) is 4.14. The van der Waals surface area contributed by atoms with Gasteiger partial charge in [-0.25, -0.2) is 0 Å².